The number of nitrogens with one attached hydrogen (secondary N) is 2. The van der Waals surface area contributed by atoms with E-state index in [0.29, 0.717) is 17.8 Å². The molecule has 0 aliphatic rings. The Balaban J connectivity index is 1.59. The monoisotopic (exact) mass is 322 g/mol. The van der Waals surface area contributed by atoms with E-state index in [-0.39, 0.29) is 11.7 Å². The van der Waals surface area contributed by atoms with Gasteiger partial charge >= 0.3 is 0 Å². The Morgan fingerprint density at radius 3 is 2.54 bits per heavy atom. The summed E-state index contributed by atoms with van der Waals surface area (Å²) in [7, 11) is 0. The molecule has 0 saturated carbocycles. The minimum absolute atomic E-state index is 0.214. The molecule has 0 spiro atoms. The predicted octanol–water partition coefficient (Wildman–Crippen LogP) is 3.48. The number of pyridine rings is 2. The van der Waals surface area contributed by atoms with Gasteiger partial charge in [0.25, 0.3) is 5.91 Å². The van der Waals surface area contributed by atoms with Crippen molar-refractivity contribution in [2.24, 2.45) is 0 Å². The Hall–Kier alpha value is -3.28. The van der Waals surface area contributed by atoms with Gasteiger partial charge < -0.3 is 10.6 Å². The lowest BCUT2D eigenvalue weighted by Crippen LogP contribution is -2.12. The highest BCUT2D eigenvalue weighted by atomic mass is 19.1. The van der Waals surface area contributed by atoms with Gasteiger partial charge in [-0.15, -0.1) is 0 Å². The largest absolute Gasteiger partial charge is 0.364 e. The van der Waals surface area contributed by atoms with Gasteiger partial charge in [-0.3, -0.25) is 9.78 Å². The van der Waals surface area contributed by atoms with Gasteiger partial charge in [-0.05, 0) is 42.0 Å². The Bertz CT molecular complexity index is 822. The summed E-state index contributed by atoms with van der Waals surface area (Å²) in [6.45, 7) is 0.435. The lowest BCUT2D eigenvalue weighted by molar-refractivity contribution is 0.102. The summed E-state index contributed by atoms with van der Waals surface area (Å²) in [5.41, 5.74) is 2.12. The number of rotatable bonds is 5. The molecule has 3 aromatic rings. The maximum atomic E-state index is 13.5. The van der Waals surface area contributed by atoms with Crippen LogP contribution in [0.2, 0.25) is 0 Å². The van der Waals surface area contributed by atoms with E-state index in [9.17, 15) is 9.18 Å². The van der Waals surface area contributed by atoms with E-state index in [1.54, 1.807) is 36.5 Å². The third-order valence-corrected chi connectivity index (χ3v) is 3.35. The molecule has 2 N–H and O–H groups in total. The van der Waals surface area contributed by atoms with Crippen LogP contribution in [0, 0.1) is 5.82 Å². The quantitative estimate of drug-likeness (QED) is 0.755. The number of anilines is 2. The van der Waals surface area contributed by atoms with Crippen LogP contribution in [0.25, 0.3) is 0 Å². The molecule has 0 aliphatic heterocycles. The van der Waals surface area contributed by atoms with Gasteiger partial charge in [0.1, 0.15) is 0 Å². The third kappa shape index (κ3) is 3.92. The van der Waals surface area contributed by atoms with Gasteiger partial charge in [-0.1, -0.05) is 12.1 Å². The second-order valence-electron chi connectivity index (χ2n) is 5.08. The van der Waals surface area contributed by atoms with Crippen molar-refractivity contribution in [3.63, 3.8) is 0 Å². The van der Waals surface area contributed by atoms with Crippen LogP contribution in [-0.2, 0) is 6.54 Å². The molecule has 5 nitrogen and oxygen atoms in total. The summed E-state index contributed by atoms with van der Waals surface area (Å²) in [6, 6.07) is 13.6. The molecule has 3 rings (SSSR count). The van der Waals surface area contributed by atoms with Crippen LogP contribution >= 0.6 is 0 Å². The molecule has 120 valence electrons. The van der Waals surface area contributed by atoms with Crippen molar-refractivity contribution in [1.82, 2.24) is 9.97 Å². The molecule has 0 unspecified atom stereocenters. The van der Waals surface area contributed by atoms with Crippen LogP contribution in [0.1, 0.15) is 15.9 Å². The lowest BCUT2D eigenvalue weighted by Gasteiger charge is -2.08. The fourth-order valence-electron chi connectivity index (χ4n) is 2.11. The second kappa shape index (κ2) is 7.32. The van der Waals surface area contributed by atoms with Crippen molar-refractivity contribution >= 4 is 17.4 Å². The van der Waals surface area contributed by atoms with Crippen LogP contribution in [0.15, 0.2) is 67.1 Å². The van der Waals surface area contributed by atoms with E-state index in [2.05, 4.69) is 20.6 Å². The number of nitrogens with zero attached hydrogens (tertiary/aromatic N) is 2. The molecule has 2 aromatic heterocycles. The third-order valence-electron chi connectivity index (χ3n) is 3.35. The Kier molecular flexibility index (Phi) is 4.76. The van der Waals surface area contributed by atoms with Crippen LogP contribution in [-0.4, -0.2) is 15.9 Å². The van der Waals surface area contributed by atoms with E-state index in [1.807, 2.05) is 12.1 Å². The highest BCUT2D eigenvalue weighted by molar-refractivity contribution is 6.03. The maximum absolute atomic E-state index is 13.5. The SMILES string of the molecule is O=C(Nc1ccc(CNc2ncccc2F)cc1)c1cccnc1. The molecule has 0 atom stereocenters. The predicted molar refractivity (Wildman–Crippen MR) is 90.2 cm³/mol. The van der Waals surface area contributed by atoms with Crippen LogP contribution in [0.5, 0.6) is 0 Å². The number of aromatic nitrogens is 2. The number of carbonyl (C=O) groups excluding carboxylic acids is 1. The fraction of sp³-hybridized carbons (Fsp3) is 0.0556. The molecule has 24 heavy (non-hydrogen) atoms. The van der Waals surface area contributed by atoms with E-state index in [1.165, 1.54) is 18.5 Å². The van der Waals surface area contributed by atoms with Gasteiger partial charge in [0.05, 0.1) is 5.56 Å². The number of amides is 1. The Morgan fingerprint density at radius 2 is 1.83 bits per heavy atom. The topological polar surface area (TPSA) is 66.9 Å². The molecule has 0 saturated heterocycles. The van der Waals surface area contributed by atoms with Gasteiger partial charge in [0.15, 0.2) is 11.6 Å². The van der Waals surface area contributed by atoms with Crippen molar-refractivity contribution in [2.75, 3.05) is 10.6 Å². The summed E-state index contributed by atoms with van der Waals surface area (Å²) < 4.78 is 13.5. The van der Waals surface area contributed by atoms with Gasteiger partial charge in [0.2, 0.25) is 0 Å². The molecule has 0 bridgehead atoms. The summed E-state index contributed by atoms with van der Waals surface area (Å²) >= 11 is 0. The normalized spacial score (nSPS) is 10.2. The highest BCUT2D eigenvalue weighted by Crippen LogP contribution is 2.14. The standard InChI is InChI=1S/C18H15FN4O/c19-16-4-2-10-21-17(16)22-11-13-5-7-15(8-6-13)23-18(24)14-3-1-9-20-12-14/h1-10,12H,11H2,(H,21,22)(H,23,24). The highest BCUT2D eigenvalue weighted by Gasteiger charge is 2.06. The number of halogens is 1. The number of hydrogen-bond donors (Lipinski definition) is 2. The molecule has 0 fully saturated rings. The number of hydrogen-bond acceptors (Lipinski definition) is 4. The lowest BCUT2D eigenvalue weighted by atomic mass is 10.2. The fourth-order valence-corrected chi connectivity index (χ4v) is 2.11. The maximum Gasteiger partial charge on any atom is 0.257 e. The zero-order valence-electron chi connectivity index (χ0n) is 12.7. The van der Waals surface area contributed by atoms with Crippen molar-refractivity contribution in [2.45, 2.75) is 6.54 Å². The average molecular weight is 322 g/mol. The van der Waals surface area contributed by atoms with E-state index < -0.39 is 5.82 Å². The molecule has 6 heteroatoms. The van der Waals surface area contributed by atoms with Gasteiger partial charge in [-0.2, -0.15) is 0 Å². The smallest absolute Gasteiger partial charge is 0.257 e. The molecule has 1 aromatic carbocycles. The second-order valence-corrected chi connectivity index (χ2v) is 5.08. The zero-order chi connectivity index (χ0) is 16.8. The Morgan fingerprint density at radius 1 is 1.04 bits per heavy atom. The molecule has 0 radical (unpaired) electrons. The van der Waals surface area contributed by atoms with Gasteiger partial charge in [0, 0.05) is 30.8 Å². The van der Waals surface area contributed by atoms with Crippen LogP contribution in [0.4, 0.5) is 15.9 Å². The first-order chi connectivity index (χ1) is 11.7. The van der Waals surface area contributed by atoms with Crippen molar-refractivity contribution in [1.29, 1.82) is 0 Å². The summed E-state index contributed by atoms with van der Waals surface area (Å²) in [5.74, 6) is -0.395. The molecular weight excluding hydrogens is 307 g/mol. The first kappa shape index (κ1) is 15.6. The van der Waals surface area contributed by atoms with E-state index in [0.717, 1.165) is 5.56 Å². The average Bonchev–Trinajstić information content (AvgIpc) is 2.63. The molecule has 0 aliphatic carbocycles. The summed E-state index contributed by atoms with van der Waals surface area (Å²) in [5, 5.41) is 5.73. The zero-order valence-corrected chi connectivity index (χ0v) is 12.7. The van der Waals surface area contributed by atoms with Crippen LogP contribution < -0.4 is 10.6 Å². The Labute approximate surface area is 138 Å². The van der Waals surface area contributed by atoms with E-state index >= 15 is 0 Å². The van der Waals surface area contributed by atoms with Gasteiger partial charge in [-0.25, -0.2) is 9.37 Å². The molecule has 2 heterocycles. The summed E-state index contributed by atoms with van der Waals surface area (Å²) in [6.07, 6.45) is 4.65. The van der Waals surface area contributed by atoms with Crippen molar-refractivity contribution < 1.29 is 9.18 Å². The number of carbonyl (C=O) groups is 1. The van der Waals surface area contributed by atoms with Crippen LogP contribution in [0.3, 0.4) is 0 Å². The minimum atomic E-state index is -0.391. The van der Waals surface area contributed by atoms with E-state index in [4.69, 9.17) is 0 Å². The molecular formula is C18H15FN4O. The van der Waals surface area contributed by atoms with Crippen molar-refractivity contribution in [3.8, 4) is 0 Å². The first-order valence-corrected chi connectivity index (χ1v) is 7.37. The first-order valence-electron chi connectivity index (χ1n) is 7.37. The summed E-state index contributed by atoms with van der Waals surface area (Å²) in [4.78, 5) is 19.9. The minimum Gasteiger partial charge on any atom is -0.364 e. The van der Waals surface area contributed by atoms with Crippen molar-refractivity contribution in [3.05, 3.63) is 84.1 Å². The molecule has 1 amide bonds. The number of benzene rings is 1.